The van der Waals surface area contributed by atoms with Crippen LogP contribution in [0, 0.1) is 0 Å². The monoisotopic (exact) mass is 812 g/mol. The van der Waals surface area contributed by atoms with Crippen LogP contribution in [0.25, 0.3) is 86.3 Å². The molecule has 3 aromatic heterocycles. The summed E-state index contributed by atoms with van der Waals surface area (Å²) >= 11 is 1.92. The van der Waals surface area contributed by atoms with Crippen LogP contribution < -0.4 is 10.2 Å². The second kappa shape index (κ2) is 13.0. The Bertz CT molecular complexity index is 3800. The Balaban J connectivity index is 1.02. The fraction of sp³-hybridized carbons (Fsp3) is 0.0526. The fourth-order valence-electron chi connectivity index (χ4n) is 10.8. The smallest absolute Gasteiger partial charge is 0.143 e. The Kier molecular flexibility index (Phi) is 7.13. The Morgan fingerprint density at radius 3 is 2.19 bits per heavy atom. The van der Waals surface area contributed by atoms with Gasteiger partial charge in [-0.15, -0.1) is 11.3 Å². The number of hydrogen-bond donors (Lipinski definition) is 1. The van der Waals surface area contributed by atoms with Gasteiger partial charge >= 0.3 is 0 Å². The molecule has 0 bridgehead atoms. The number of rotatable bonds is 4. The van der Waals surface area contributed by atoms with E-state index in [4.69, 9.17) is 8.83 Å². The number of para-hydroxylation sites is 5. The summed E-state index contributed by atoms with van der Waals surface area (Å²) in [4.78, 5) is 2.42. The van der Waals surface area contributed by atoms with Crippen LogP contribution in [0.5, 0.6) is 0 Å². The summed E-state index contributed by atoms with van der Waals surface area (Å²) in [5.41, 5.74) is 16.9. The van der Waals surface area contributed by atoms with Crippen molar-refractivity contribution >= 4 is 92.4 Å². The van der Waals surface area contributed by atoms with Gasteiger partial charge in [0.25, 0.3) is 0 Å². The van der Waals surface area contributed by atoms with Gasteiger partial charge in [-0.3, -0.25) is 0 Å². The maximum atomic E-state index is 7.49. The van der Waals surface area contributed by atoms with Crippen LogP contribution >= 0.6 is 11.3 Å². The van der Waals surface area contributed by atoms with Crippen molar-refractivity contribution in [1.29, 1.82) is 0 Å². The predicted octanol–water partition coefficient (Wildman–Crippen LogP) is 16.1. The van der Waals surface area contributed by atoms with Gasteiger partial charge in [0.1, 0.15) is 28.5 Å². The van der Waals surface area contributed by atoms with Gasteiger partial charge in [0.15, 0.2) is 0 Å². The first-order chi connectivity index (χ1) is 30.7. The molecule has 2 aliphatic rings. The summed E-state index contributed by atoms with van der Waals surface area (Å²) in [7, 11) is 0. The van der Waals surface area contributed by atoms with E-state index in [2.05, 4.69) is 186 Å². The second-order valence-electron chi connectivity index (χ2n) is 16.7. The number of nitrogens with one attached hydrogen (secondary N) is 1. The molecular weight excluding hydrogens is 777 g/mol. The molecule has 0 amide bonds. The van der Waals surface area contributed by atoms with Crippen LogP contribution in [0.2, 0.25) is 0 Å². The Hall–Kier alpha value is -7.60. The fourth-order valence-corrected chi connectivity index (χ4v) is 12.0. The molecule has 2 unspecified atom stereocenters. The van der Waals surface area contributed by atoms with Gasteiger partial charge in [0, 0.05) is 70.0 Å². The van der Waals surface area contributed by atoms with Gasteiger partial charge in [0.05, 0.1) is 11.4 Å². The molecule has 0 saturated heterocycles. The molecular formula is C57H36N2O2S. The lowest BCUT2D eigenvalue weighted by atomic mass is 9.75. The molecule has 1 aliphatic carbocycles. The Morgan fingerprint density at radius 2 is 1.24 bits per heavy atom. The maximum absolute atomic E-state index is 7.49. The van der Waals surface area contributed by atoms with Crippen LogP contribution in [0.1, 0.15) is 34.3 Å². The molecule has 0 saturated carbocycles. The van der Waals surface area contributed by atoms with Gasteiger partial charge in [-0.25, -0.2) is 0 Å². The topological polar surface area (TPSA) is 41.5 Å². The molecule has 0 radical (unpaired) electrons. The molecule has 5 heteroatoms. The maximum Gasteiger partial charge on any atom is 0.143 e. The van der Waals surface area contributed by atoms with E-state index in [1.165, 1.54) is 48.0 Å². The number of hydrogen-bond acceptors (Lipinski definition) is 5. The summed E-state index contributed by atoms with van der Waals surface area (Å²) in [6.45, 7) is 0. The van der Waals surface area contributed by atoms with Gasteiger partial charge in [-0.2, -0.15) is 0 Å². The highest BCUT2D eigenvalue weighted by Crippen LogP contribution is 2.53. The Labute approximate surface area is 360 Å². The first-order valence-corrected chi connectivity index (χ1v) is 22.2. The number of thiophene rings is 1. The van der Waals surface area contributed by atoms with E-state index in [-0.39, 0.29) is 12.1 Å². The average Bonchev–Trinajstić information content (AvgIpc) is 4.11. The number of benzene rings is 9. The predicted molar refractivity (Wildman–Crippen MR) is 258 cm³/mol. The van der Waals surface area contributed by atoms with E-state index in [1.807, 2.05) is 23.5 Å². The first-order valence-electron chi connectivity index (χ1n) is 21.4. The van der Waals surface area contributed by atoms with Crippen molar-refractivity contribution in [2.24, 2.45) is 0 Å². The van der Waals surface area contributed by atoms with Crippen LogP contribution in [0.15, 0.2) is 197 Å². The van der Waals surface area contributed by atoms with Gasteiger partial charge in [0.2, 0.25) is 0 Å². The van der Waals surface area contributed by atoms with E-state index < -0.39 is 0 Å². The SMILES string of the molecule is c1ccc(N2c3ccccc3NC2c2ccc3c(oc4c(C5Cc6c(ccc7c6sc6ccccc67)-c6ccccc65)cccc43)c2-c2ccc3oc4ccccc4c3c2)cc1. The third kappa shape index (κ3) is 4.82. The molecule has 9 aromatic carbocycles. The highest BCUT2D eigenvalue weighted by atomic mass is 32.1. The highest BCUT2D eigenvalue weighted by molar-refractivity contribution is 7.26. The van der Waals surface area contributed by atoms with Crippen LogP contribution in [0.4, 0.5) is 17.1 Å². The third-order valence-corrected chi connectivity index (χ3v) is 14.7. The number of nitrogens with zero attached hydrogens (tertiary/aromatic N) is 1. The molecule has 4 heterocycles. The van der Waals surface area contributed by atoms with Crippen molar-refractivity contribution < 1.29 is 8.83 Å². The normalized spacial score (nSPS) is 15.8. The third-order valence-electron chi connectivity index (χ3n) is 13.5. The number of furan rings is 2. The second-order valence-corrected chi connectivity index (χ2v) is 17.8. The van der Waals surface area contributed by atoms with Gasteiger partial charge in [-0.05, 0) is 82.8 Å². The lowest BCUT2D eigenvalue weighted by Gasteiger charge is -2.29. The molecule has 0 fully saturated rings. The van der Waals surface area contributed by atoms with Crippen molar-refractivity contribution in [3.8, 4) is 22.3 Å². The summed E-state index contributed by atoms with van der Waals surface area (Å²) in [5, 5.41) is 11.1. The lowest BCUT2D eigenvalue weighted by Crippen LogP contribution is -2.24. The zero-order chi connectivity index (χ0) is 40.5. The van der Waals surface area contributed by atoms with Crippen molar-refractivity contribution in [3.63, 3.8) is 0 Å². The molecule has 12 aromatic rings. The molecule has 2 atom stereocenters. The number of anilines is 3. The summed E-state index contributed by atoms with van der Waals surface area (Å²) in [5.74, 6) is 0.106. The minimum Gasteiger partial charge on any atom is -0.456 e. The van der Waals surface area contributed by atoms with E-state index in [1.54, 1.807) is 0 Å². The quantitative estimate of drug-likeness (QED) is 0.192. The first kappa shape index (κ1) is 34.1. The summed E-state index contributed by atoms with van der Waals surface area (Å²) in [6, 6.07) is 68.2. The van der Waals surface area contributed by atoms with Crippen molar-refractivity contribution in [2.45, 2.75) is 18.5 Å². The minimum absolute atomic E-state index is 0.106. The zero-order valence-electron chi connectivity index (χ0n) is 33.4. The van der Waals surface area contributed by atoms with Crippen molar-refractivity contribution in [1.82, 2.24) is 0 Å². The average molecular weight is 813 g/mol. The summed E-state index contributed by atoms with van der Waals surface area (Å²) < 4.78 is 16.6. The van der Waals surface area contributed by atoms with Crippen LogP contribution in [-0.4, -0.2) is 0 Å². The molecule has 1 N–H and O–H groups in total. The molecule has 14 rings (SSSR count). The highest BCUT2D eigenvalue weighted by Gasteiger charge is 2.35. The minimum atomic E-state index is -0.205. The van der Waals surface area contributed by atoms with Gasteiger partial charge < -0.3 is 19.1 Å². The standard InChI is InChI=1S/C57H36N2O2S/c1-2-13-34(14-3-1)59-49-22-9-8-21-48(49)58-57(59)44-29-27-42-40-19-12-20-41(54(40)61-55(42)53(44)33-25-30-51-46(31-33)38-17-6-10-23-50(38)60-51)45-32-47-37(35-15-4-5-16-36(35)45)26-28-43-39-18-7-11-24-52(39)62-56(43)47/h1-31,45,57-58H,32H2. The van der Waals surface area contributed by atoms with Crippen molar-refractivity contribution in [3.05, 3.63) is 210 Å². The van der Waals surface area contributed by atoms with E-state index >= 15 is 0 Å². The molecule has 292 valence electrons. The molecule has 1 aliphatic heterocycles. The largest absolute Gasteiger partial charge is 0.456 e. The van der Waals surface area contributed by atoms with Gasteiger partial charge in [-0.1, -0.05) is 140 Å². The lowest BCUT2D eigenvalue weighted by molar-refractivity contribution is 0.654. The number of fused-ring (bicyclic) bond motifs is 14. The molecule has 62 heavy (non-hydrogen) atoms. The Morgan fingerprint density at radius 1 is 0.500 bits per heavy atom. The van der Waals surface area contributed by atoms with E-state index in [0.717, 1.165) is 84.1 Å². The molecule has 0 spiro atoms. The zero-order valence-corrected chi connectivity index (χ0v) is 34.2. The van der Waals surface area contributed by atoms with E-state index in [0.29, 0.717) is 0 Å². The van der Waals surface area contributed by atoms with Crippen LogP contribution in [0.3, 0.4) is 0 Å². The van der Waals surface area contributed by atoms with Crippen molar-refractivity contribution in [2.75, 3.05) is 10.2 Å². The van der Waals surface area contributed by atoms with Crippen LogP contribution in [-0.2, 0) is 6.42 Å². The van der Waals surface area contributed by atoms with E-state index in [9.17, 15) is 0 Å². The summed E-state index contributed by atoms with van der Waals surface area (Å²) in [6.07, 6.45) is 0.690. The molecule has 4 nitrogen and oxygen atoms in total.